The number of nitrogens with one attached hydrogen (secondary N) is 1. The second-order valence-electron chi connectivity index (χ2n) is 4.47. The largest absolute Gasteiger partial charge is 0.329 e. The number of carbonyl (C=O) groups is 1. The highest BCUT2D eigenvalue weighted by molar-refractivity contribution is 7.16. The van der Waals surface area contributed by atoms with Crippen LogP contribution < -0.4 is 11.1 Å². The van der Waals surface area contributed by atoms with Crippen LogP contribution in [0.3, 0.4) is 0 Å². The molecule has 1 heterocycles. The first kappa shape index (κ1) is 10.7. The highest BCUT2D eigenvalue weighted by Crippen LogP contribution is 2.45. The van der Waals surface area contributed by atoms with E-state index in [2.05, 4.69) is 10.3 Å². The van der Waals surface area contributed by atoms with Crippen LogP contribution in [0.15, 0.2) is 23.7 Å². The fraction of sp³-hybridized carbons (Fsp3) is 0.333. The van der Waals surface area contributed by atoms with Gasteiger partial charge in [-0.1, -0.05) is 0 Å². The first-order valence-corrected chi connectivity index (χ1v) is 6.46. The summed E-state index contributed by atoms with van der Waals surface area (Å²) in [6.07, 6.45) is 1.80. The summed E-state index contributed by atoms with van der Waals surface area (Å²) in [7, 11) is 0. The van der Waals surface area contributed by atoms with Crippen LogP contribution >= 0.6 is 11.3 Å². The second-order valence-corrected chi connectivity index (χ2v) is 5.36. The van der Waals surface area contributed by atoms with Gasteiger partial charge in [-0.15, -0.1) is 11.3 Å². The average molecular weight is 247 g/mol. The Kier molecular flexibility index (Phi) is 2.38. The number of rotatable bonds is 3. The molecule has 4 nitrogen and oxygen atoms in total. The summed E-state index contributed by atoms with van der Waals surface area (Å²) in [5.41, 5.74) is 8.92. The number of fused-ring (bicyclic) bond motifs is 1. The maximum absolute atomic E-state index is 12.0. The van der Waals surface area contributed by atoms with Crippen molar-refractivity contribution in [3.05, 3.63) is 23.7 Å². The van der Waals surface area contributed by atoms with Crippen LogP contribution in [-0.4, -0.2) is 17.4 Å². The molecule has 0 radical (unpaired) electrons. The number of aromatic nitrogens is 1. The lowest BCUT2D eigenvalue weighted by atomic mass is 10.1. The van der Waals surface area contributed by atoms with Crippen molar-refractivity contribution in [3.63, 3.8) is 0 Å². The fourth-order valence-corrected chi connectivity index (χ4v) is 2.59. The number of anilines is 1. The molecule has 3 rings (SSSR count). The zero-order valence-electron chi connectivity index (χ0n) is 9.27. The van der Waals surface area contributed by atoms with E-state index >= 15 is 0 Å². The van der Waals surface area contributed by atoms with Crippen molar-refractivity contribution >= 4 is 33.1 Å². The summed E-state index contributed by atoms with van der Waals surface area (Å²) in [6, 6.07) is 5.76. The van der Waals surface area contributed by atoms with Gasteiger partial charge >= 0.3 is 0 Å². The lowest BCUT2D eigenvalue weighted by Crippen LogP contribution is -2.30. The third kappa shape index (κ3) is 1.81. The lowest BCUT2D eigenvalue weighted by molar-refractivity contribution is -0.120. The van der Waals surface area contributed by atoms with Gasteiger partial charge in [0.1, 0.15) is 0 Å². The van der Waals surface area contributed by atoms with Gasteiger partial charge in [0.25, 0.3) is 0 Å². The van der Waals surface area contributed by atoms with Crippen LogP contribution in [0.1, 0.15) is 12.8 Å². The molecule has 0 aliphatic heterocycles. The molecule has 88 valence electrons. The molecule has 1 aromatic carbocycles. The number of hydrogen-bond acceptors (Lipinski definition) is 4. The predicted molar refractivity (Wildman–Crippen MR) is 69.0 cm³/mol. The van der Waals surface area contributed by atoms with Gasteiger partial charge in [0.2, 0.25) is 5.91 Å². The first-order valence-electron chi connectivity index (χ1n) is 5.58. The summed E-state index contributed by atoms with van der Waals surface area (Å²) in [5, 5.41) is 2.94. The number of amides is 1. The Labute approximate surface area is 103 Å². The Hall–Kier alpha value is -1.46. The molecule has 3 N–H and O–H groups in total. The van der Waals surface area contributed by atoms with E-state index in [1.807, 2.05) is 18.2 Å². The van der Waals surface area contributed by atoms with Gasteiger partial charge in [-0.05, 0) is 31.0 Å². The van der Waals surface area contributed by atoms with Crippen LogP contribution in [0.5, 0.6) is 0 Å². The van der Waals surface area contributed by atoms with E-state index in [4.69, 9.17) is 5.73 Å². The molecule has 0 spiro atoms. The molecule has 1 aliphatic rings. The van der Waals surface area contributed by atoms with Crippen LogP contribution in [0.4, 0.5) is 5.69 Å². The number of nitrogens with zero attached hydrogens (tertiary/aromatic N) is 1. The highest BCUT2D eigenvalue weighted by Gasteiger charge is 2.48. The van der Waals surface area contributed by atoms with Gasteiger partial charge in [0.05, 0.1) is 21.1 Å². The normalized spacial score (nSPS) is 17.0. The van der Waals surface area contributed by atoms with E-state index in [-0.39, 0.29) is 11.3 Å². The summed E-state index contributed by atoms with van der Waals surface area (Å²) in [4.78, 5) is 16.2. The molecular formula is C12H13N3OS. The Bertz CT molecular complexity index is 574. The molecule has 1 aromatic heterocycles. The molecule has 2 aromatic rings. The molecule has 0 unspecified atom stereocenters. The summed E-state index contributed by atoms with van der Waals surface area (Å²) >= 11 is 1.57. The molecule has 5 heteroatoms. The number of carbonyl (C=O) groups excluding carboxylic acids is 1. The van der Waals surface area contributed by atoms with Gasteiger partial charge < -0.3 is 11.1 Å². The predicted octanol–water partition coefficient (Wildman–Crippen LogP) is 1.97. The number of benzene rings is 1. The van der Waals surface area contributed by atoms with Crippen LogP contribution in [0, 0.1) is 5.41 Å². The van der Waals surface area contributed by atoms with Crippen molar-refractivity contribution in [3.8, 4) is 0 Å². The van der Waals surface area contributed by atoms with Gasteiger partial charge in [-0.25, -0.2) is 4.98 Å². The Morgan fingerprint density at radius 3 is 3.06 bits per heavy atom. The van der Waals surface area contributed by atoms with E-state index in [9.17, 15) is 4.79 Å². The van der Waals surface area contributed by atoms with Crippen molar-refractivity contribution in [2.75, 3.05) is 11.9 Å². The molecule has 1 aliphatic carbocycles. The second kappa shape index (κ2) is 3.78. The summed E-state index contributed by atoms with van der Waals surface area (Å²) in [5.74, 6) is 0.0452. The molecular weight excluding hydrogens is 234 g/mol. The number of thiazole rings is 1. The van der Waals surface area contributed by atoms with Crippen LogP contribution in [0.25, 0.3) is 10.2 Å². The van der Waals surface area contributed by atoms with Crippen LogP contribution in [0.2, 0.25) is 0 Å². The molecule has 1 saturated carbocycles. The van der Waals surface area contributed by atoms with Crippen molar-refractivity contribution in [2.45, 2.75) is 12.8 Å². The summed E-state index contributed by atoms with van der Waals surface area (Å²) in [6.45, 7) is 0.432. The minimum atomic E-state index is -0.303. The zero-order chi connectivity index (χ0) is 11.9. The first-order chi connectivity index (χ1) is 8.23. The third-order valence-corrected chi connectivity index (χ3v) is 4.11. The van der Waals surface area contributed by atoms with Crippen LogP contribution in [-0.2, 0) is 4.79 Å². The third-order valence-electron chi connectivity index (χ3n) is 3.32. The van der Waals surface area contributed by atoms with Crippen molar-refractivity contribution in [1.29, 1.82) is 0 Å². The number of nitrogens with two attached hydrogens (primary N) is 1. The van der Waals surface area contributed by atoms with Gasteiger partial charge in [0.15, 0.2) is 0 Å². The fourth-order valence-electron chi connectivity index (χ4n) is 1.87. The van der Waals surface area contributed by atoms with E-state index < -0.39 is 0 Å². The summed E-state index contributed by atoms with van der Waals surface area (Å²) < 4.78 is 1.08. The quantitative estimate of drug-likeness (QED) is 0.871. The smallest absolute Gasteiger partial charge is 0.231 e. The van der Waals surface area contributed by atoms with Crippen molar-refractivity contribution in [1.82, 2.24) is 4.98 Å². The Balaban J connectivity index is 1.82. The monoisotopic (exact) mass is 247 g/mol. The molecule has 1 amide bonds. The highest BCUT2D eigenvalue weighted by atomic mass is 32.1. The average Bonchev–Trinajstić information content (AvgIpc) is 3.01. The van der Waals surface area contributed by atoms with E-state index in [1.54, 1.807) is 16.8 Å². The lowest BCUT2D eigenvalue weighted by Gasteiger charge is -2.12. The van der Waals surface area contributed by atoms with E-state index in [1.165, 1.54) is 0 Å². The topological polar surface area (TPSA) is 68.0 Å². The standard InChI is InChI=1S/C12H13N3OS/c13-6-12(3-4-12)11(16)15-8-1-2-9-10(5-8)17-7-14-9/h1-2,5,7H,3-4,6,13H2,(H,15,16). The Morgan fingerprint density at radius 1 is 1.53 bits per heavy atom. The zero-order valence-corrected chi connectivity index (χ0v) is 10.1. The molecule has 1 fully saturated rings. The minimum absolute atomic E-state index is 0.0452. The van der Waals surface area contributed by atoms with Crippen molar-refractivity contribution in [2.24, 2.45) is 11.1 Å². The Morgan fingerprint density at radius 2 is 2.35 bits per heavy atom. The van der Waals surface area contributed by atoms with Gasteiger partial charge in [-0.3, -0.25) is 4.79 Å². The molecule has 0 saturated heterocycles. The van der Waals surface area contributed by atoms with Gasteiger partial charge in [0, 0.05) is 12.2 Å². The number of hydrogen-bond donors (Lipinski definition) is 2. The maximum Gasteiger partial charge on any atom is 0.231 e. The van der Waals surface area contributed by atoms with Crippen molar-refractivity contribution < 1.29 is 4.79 Å². The van der Waals surface area contributed by atoms with Gasteiger partial charge in [-0.2, -0.15) is 0 Å². The van der Waals surface area contributed by atoms with E-state index in [0.29, 0.717) is 6.54 Å². The maximum atomic E-state index is 12.0. The molecule has 0 bridgehead atoms. The molecule has 17 heavy (non-hydrogen) atoms. The minimum Gasteiger partial charge on any atom is -0.329 e. The van der Waals surface area contributed by atoms with E-state index in [0.717, 1.165) is 28.7 Å². The molecule has 0 atom stereocenters. The SMILES string of the molecule is NCC1(C(=O)Nc2ccc3ncsc3c2)CC1.